The quantitative estimate of drug-likeness (QED) is 0.916. The Morgan fingerprint density at radius 3 is 2.87 bits per heavy atom. The Morgan fingerprint density at radius 2 is 2.13 bits per heavy atom. The summed E-state index contributed by atoms with van der Waals surface area (Å²) < 4.78 is 5.44. The Balaban J connectivity index is 1.53. The molecular formula is C17H27N3O2S. The predicted molar refractivity (Wildman–Crippen MR) is 92.8 cm³/mol. The number of carbonyl (C=O) groups excluding carboxylic acids is 1. The minimum absolute atomic E-state index is 0.0701. The number of amides is 2. The maximum absolute atomic E-state index is 12.5. The molecule has 0 saturated carbocycles. The van der Waals surface area contributed by atoms with Crippen molar-refractivity contribution in [3.63, 3.8) is 0 Å². The van der Waals surface area contributed by atoms with E-state index in [0.717, 1.165) is 45.8 Å². The highest BCUT2D eigenvalue weighted by atomic mass is 32.1. The van der Waals surface area contributed by atoms with E-state index in [1.807, 2.05) is 4.90 Å². The van der Waals surface area contributed by atoms with Gasteiger partial charge in [-0.1, -0.05) is 13.8 Å². The fraction of sp³-hybridized carbons (Fsp3) is 0.706. The zero-order chi connectivity index (χ0) is 16.2. The number of fused-ring (bicyclic) bond motifs is 1. The first-order chi connectivity index (χ1) is 11.1. The van der Waals surface area contributed by atoms with E-state index < -0.39 is 0 Å². The smallest absolute Gasteiger partial charge is 0.317 e. The number of thiophene rings is 1. The third-order valence-corrected chi connectivity index (χ3v) is 5.86. The highest BCUT2D eigenvalue weighted by Gasteiger charge is 2.26. The first kappa shape index (κ1) is 16.7. The van der Waals surface area contributed by atoms with Crippen LogP contribution in [0.3, 0.4) is 0 Å². The summed E-state index contributed by atoms with van der Waals surface area (Å²) in [7, 11) is 0. The van der Waals surface area contributed by atoms with Gasteiger partial charge in [0.25, 0.3) is 0 Å². The average Bonchev–Trinajstić information content (AvgIpc) is 3.03. The number of nitrogens with zero attached hydrogens (tertiary/aromatic N) is 2. The molecule has 0 radical (unpaired) electrons. The van der Waals surface area contributed by atoms with Crippen molar-refractivity contribution in [2.75, 3.05) is 39.4 Å². The van der Waals surface area contributed by atoms with Gasteiger partial charge in [0.15, 0.2) is 0 Å². The van der Waals surface area contributed by atoms with Crippen LogP contribution in [0.2, 0.25) is 0 Å². The fourth-order valence-corrected chi connectivity index (χ4v) is 4.31. The molecule has 6 heteroatoms. The fourth-order valence-electron chi connectivity index (χ4n) is 3.42. The number of nitrogens with one attached hydrogen (secondary N) is 1. The lowest BCUT2D eigenvalue weighted by molar-refractivity contribution is 0.00691. The predicted octanol–water partition coefficient (Wildman–Crippen LogP) is 2.17. The Morgan fingerprint density at radius 1 is 1.35 bits per heavy atom. The van der Waals surface area contributed by atoms with Crippen LogP contribution >= 0.6 is 11.3 Å². The number of morpholine rings is 1. The highest BCUT2D eigenvalue weighted by Crippen LogP contribution is 2.24. The van der Waals surface area contributed by atoms with Crippen LogP contribution in [0.25, 0.3) is 0 Å². The molecule has 1 saturated heterocycles. The summed E-state index contributed by atoms with van der Waals surface area (Å²) in [6, 6.07) is 2.59. The first-order valence-corrected chi connectivity index (χ1v) is 9.43. The molecule has 3 rings (SSSR count). The number of carbonyl (C=O) groups is 1. The van der Waals surface area contributed by atoms with Crippen molar-refractivity contribution >= 4 is 17.4 Å². The molecule has 5 nitrogen and oxygen atoms in total. The second kappa shape index (κ2) is 7.64. The zero-order valence-electron chi connectivity index (χ0n) is 14.1. The SMILES string of the molecule is CC(C)C(CNC(=O)N1CCc2sccc2C1)N1CCOCC1. The van der Waals surface area contributed by atoms with E-state index in [0.29, 0.717) is 18.5 Å². The summed E-state index contributed by atoms with van der Waals surface area (Å²) in [5.74, 6) is 0.512. The standard InChI is InChI=1S/C17H27N3O2S/c1-13(2)15(19-6-8-22-9-7-19)11-18-17(21)20-5-3-16-14(12-20)4-10-23-16/h4,10,13,15H,3,5-9,11-12H2,1-2H3,(H,18,21). The minimum Gasteiger partial charge on any atom is -0.379 e. The third kappa shape index (κ3) is 4.05. The molecule has 0 aliphatic carbocycles. The molecule has 0 spiro atoms. The molecule has 128 valence electrons. The number of ether oxygens (including phenoxy) is 1. The van der Waals surface area contributed by atoms with Gasteiger partial charge in [-0.25, -0.2) is 4.79 Å². The van der Waals surface area contributed by atoms with Crippen molar-refractivity contribution < 1.29 is 9.53 Å². The summed E-state index contributed by atoms with van der Waals surface area (Å²) in [4.78, 5) is 18.3. The van der Waals surface area contributed by atoms with Crippen LogP contribution in [0.1, 0.15) is 24.3 Å². The summed E-state index contributed by atoms with van der Waals surface area (Å²) in [5.41, 5.74) is 1.31. The van der Waals surface area contributed by atoms with E-state index in [9.17, 15) is 4.79 Å². The first-order valence-electron chi connectivity index (χ1n) is 8.55. The molecule has 0 aromatic carbocycles. The van der Waals surface area contributed by atoms with Gasteiger partial charge >= 0.3 is 6.03 Å². The van der Waals surface area contributed by atoms with Gasteiger partial charge in [0, 0.05) is 43.6 Å². The van der Waals surface area contributed by atoms with Crippen LogP contribution < -0.4 is 5.32 Å². The van der Waals surface area contributed by atoms with Crippen LogP contribution in [0, 0.1) is 5.92 Å². The van der Waals surface area contributed by atoms with Gasteiger partial charge in [-0.2, -0.15) is 0 Å². The number of urea groups is 1. The van der Waals surface area contributed by atoms with Crippen molar-refractivity contribution in [1.29, 1.82) is 0 Å². The molecule has 1 aromatic rings. The van der Waals surface area contributed by atoms with Crippen LogP contribution in [0.15, 0.2) is 11.4 Å². The number of rotatable bonds is 4. The van der Waals surface area contributed by atoms with E-state index in [-0.39, 0.29) is 6.03 Å². The van der Waals surface area contributed by atoms with Crippen LogP contribution in [0.4, 0.5) is 4.79 Å². The Labute approximate surface area is 142 Å². The Bertz CT molecular complexity index is 526. The summed E-state index contributed by atoms with van der Waals surface area (Å²) in [6.45, 7) is 10.2. The van der Waals surface area contributed by atoms with Crippen LogP contribution in [-0.4, -0.2) is 61.3 Å². The zero-order valence-corrected chi connectivity index (χ0v) is 14.9. The molecule has 3 heterocycles. The van der Waals surface area contributed by atoms with Gasteiger partial charge in [-0.15, -0.1) is 11.3 Å². The van der Waals surface area contributed by atoms with Crippen molar-refractivity contribution in [2.24, 2.45) is 5.92 Å². The van der Waals surface area contributed by atoms with E-state index in [1.165, 1.54) is 10.4 Å². The van der Waals surface area contributed by atoms with E-state index >= 15 is 0 Å². The second-order valence-electron chi connectivity index (χ2n) is 6.69. The van der Waals surface area contributed by atoms with Crippen molar-refractivity contribution in [3.05, 3.63) is 21.9 Å². The molecule has 1 atom stereocenters. The Hall–Kier alpha value is -1.11. The van der Waals surface area contributed by atoms with Crippen LogP contribution in [0.5, 0.6) is 0 Å². The highest BCUT2D eigenvalue weighted by molar-refractivity contribution is 7.10. The number of hydrogen-bond acceptors (Lipinski definition) is 4. The summed E-state index contributed by atoms with van der Waals surface area (Å²) in [5, 5.41) is 5.29. The maximum atomic E-state index is 12.5. The molecule has 1 fully saturated rings. The van der Waals surface area contributed by atoms with Gasteiger partial charge in [-0.3, -0.25) is 4.90 Å². The van der Waals surface area contributed by atoms with E-state index in [1.54, 1.807) is 11.3 Å². The van der Waals surface area contributed by atoms with Crippen molar-refractivity contribution in [3.8, 4) is 0 Å². The molecule has 1 aromatic heterocycles. The molecule has 23 heavy (non-hydrogen) atoms. The molecule has 1 unspecified atom stereocenters. The molecule has 1 N–H and O–H groups in total. The number of hydrogen-bond donors (Lipinski definition) is 1. The van der Waals surface area contributed by atoms with Crippen LogP contribution in [-0.2, 0) is 17.7 Å². The second-order valence-corrected chi connectivity index (χ2v) is 7.69. The molecule has 0 bridgehead atoms. The van der Waals surface area contributed by atoms with E-state index in [2.05, 4.69) is 35.5 Å². The minimum atomic E-state index is 0.0701. The lowest BCUT2D eigenvalue weighted by Gasteiger charge is -2.37. The third-order valence-electron chi connectivity index (χ3n) is 4.84. The summed E-state index contributed by atoms with van der Waals surface area (Å²) >= 11 is 1.80. The monoisotopic (exact) mass is 337 g/mol. The maximum Gasteiger partial charge on any atom is 0.317 e. The average molecular weight is 337 g/mol. The van der Waals surface area contributed by atoms with Crippen molar-refractivity contribution in [2.45, 2.75) is 32.9 Å². The van der Waals surface area contributed by atoms with E-state index in [4.69, 9.17) is 4.74 Å². The topological polar surface area (TPSA) is 44.8 Å². The largest absolute Gasteiger partial charge is 0.379 e. The Kier molecular flexibility index (Phi) is 5.56. The summed E-state index contributed by atoms with van der Waals surface area (Å²) in [6.07, 6.45) is 0.984. The van der Waals surface area contributed by atoms with Gasteiger partial charge in [0.05, 0.1) is 13.2 Å². The molecule has 2 aliphatic heterocycles. The van der Waals surface area contributed by atoms with Gasteiger partial charge in [0.2, 0.25) is 0 Å². The molecular weight excluding hydrogens is 310 g/mol. The molecule has 2 aliphatic rings. The van der Waals surface area contributed by atoms with Crippen molar-refractivity contribution in [1.82, 2.24) is 15.1 Å². The van der Waals surface area contributed by atoms with Gasteiger partial charge < -0.3 is 15.0 Å². The van der Waals surface area contributed by atoms with Gasteiger partial charge in [0.1, 0.15) is 0 Å². The lowest BCUT2D eigenvalue weighted by atomic mass is 10.0. The normalized spacial score (nSPS) is 20.4. The lowest BCUT2D eigenvalue weighted by Crippen LogP contribution is -2.53. The van der Waals surface area contributed by atoms with Gasteiger partial charge in [-0.05, 0) is 29.3 Å². The molecule has 2 amide bonds.